The van der Waals surface area contributed by atoms with E-state index in [2.05, 4.69) is 69.3 Å². The molecule has 4 heteroatoms. The Hall–Kier alpha value is -1.04. The number of hydrogen-bond acceptors (Lipinski definition) is 2. The lowest BCUT2D eigenvalue weighted by Gasteiger charge is -2.15. The Balaban J connectivity index is 2.17. The van der Waals surface area contributed by atoms with Crippen LogP contribution in [0.4, 0.5) is 5.69 Å². The zero-order chi connectivity index (χ0) is 12.4. The van der Waals surface area contributed by atoms with Crippen molar-refractivity contribution in [2.75, 3.05) is 5.32 Å². The van der Waals surface area contributed by atoms with Gasteiger partial charge in [-0.15, -0.1) is 0 Å². The molecule has 0 saturated heterocycles. The van der Waals surface area contributed by atoms with Crippen molar-refractivity contribution in [2.45, 2.75) is 26.8 Å². The number of benzene rings is 1. The first-order valence-electron chi connectivity index (χ1n) is 5.61. The van der Waals surface area contributed by atoms with Crippen molar-refractivity contribution >= 4 is 28.3 Å². The number of nitrogens with one attached hydrogen (secondary N) is 2. The van der Waals surface area contributed by atoms with Gasteiger partial charge in [0, 0.05) is 9.61 Å². The summed E-state index contributed by atoms with van der Waals surface area (Å²) in [6.07, 6.45) is 0. The fourth-order valence-corrected chi connectivity index (χ4v) is 2.17. The van der Waals surface area contributed by atoms with Crippen molar-refractivity contribution in [3.8, 4) is 0 Å². The van der Waals surface area contributed by atoms with Crippen LogP contribution in [0.1, 0.15) is 29.9 Å². The number of rotatable bonds is 3. The molecule has 0 amide bonds. The van der Waals surface area contributed by atoms with Gasteiger partial charge in [0.2, 0.25) is 0 Å². The molecule has 0 aliphatic heterocycles. The Morgan fingerprint density at radius 2 is 1.88 bits per heavy atom. The molecular weight excluding hydrogens is 325 g/mol. The number of anilines is 1. The van der Waals surface area contributed by atoms with E-state index in [4.69, 9.17) is 0 Å². The molecule has 0 bridgehead atoms. The lowest BCUT2D eigenvalue weighted by molar-refractivity contribution is 0.880. The maximum absolute atomic E-state index is 4.19. The average molecular weight is 341 g/mol. The van der Waals surface area contributed by atoms with Crippen LogP contribution < -0.4 is 5.32 Å². The Bertz CT molecular complexity index is 482. The first-order valence-corrected chi connectivity index (χ1v) is 6.69. The Morgan fingerprint density at radius 1 is 1.24 bits per heavy atom. The summed E-state index contributed by atoms with van der Waals surface area (Å²) in [5.74, 6) is 0. The molecule has 0 aliphatic rings. The van der Waals surface area contributed by atoms with E-state index in [1.165, 1.54) is 9.13 Å². The number of hydrogen-bond donors (Lipinski definition) is 2. The average Bonchev–Trinajstić information content (AvgIpc) is 2.61. The van der Waals surface area contributed by atoms with E-state index in [-0.39, 0.29) is 6.04 Å². The molecule has 17 heavy (non-hydrogen) atoms. The molecule has 0 fully saturated rings. The van der Waals surface area contributed by atoms with Gasteiger partial charge in [-0.3, -0.25) is 5.10 Å². The van der Waals surface area contributed by atoms with Crippen LogP contribution in [0.3, 0.4) is 0 Å². The monoisotopic (exact) mass is 341 g/mol. The fourth-order valence-electron chi connectivity index (χ4n) is 1.81. The first kappa shape index (κ1) is 12.4. The molecule has 1 aromatic carbocycles. The predicted octanol–water partition coefficient (Wildman–Crippen LogP) is 3.80. The lowest BCUT2D eigenvalue weighted by atomic mass is 10.1. The molecule has 90 valence electrons. The van der Waals surface area contributed by atoms with E-state index in [0.29, 0.717) is 0 Å². The molecule has 2 N–H and O–H groups in total. The SMILES string of the molecule is Cc1n[nH]c(C)c1NC(C)c1ccc(I)cc1. The van der Waals surface area contributed by atoms with Gasteiger partial charge in [0.15, 0.2) is 0 Å². The van der Waals surface area contributed by atoms with Crippen molar-refractivity contribution in [1.82, 2.24) is 10.2 Å². The summed E-state index contributed by atoms with van der Waals surface area (Å²) in [5, 5.41) is 10.7. The molecule has 0 spiro atoms. The number of aryl methyl sites for hydroxylation is 2. The maximum atomic E-state index is 4.19. The van der Waals surface area contributed by atoms with E-state index in [1.807, 2.05) is 13.8 Å². The van der Waals surface area contributed by atoms with Crippen molar-refractivity contribution < 1.29 is 0 Å². The van der Waals surface area contributed by atoms with Crippen LogP contribution in [0.15, 0.2) is 24.3 Å². The second-order valence-corrected chi connectivity index (χ2v) is 5.47. The Morgan fingerprint density at radius 3 is 2.41 bits per heavy atom. The van der Waals surface area contributed by atoms with E-state index >= 15 is 0 Å². The Labute approximate surface area is 115 Å². The molecule has 1 heterocycles. The van der Waals surface area contributed by atoms with Gasteiger partial charge in [-0.25, -0.2) is 0 Å². The van der Waals surface area contributed by atoms with Crippen LogP contribution >= 0.6 is 22.6 Å². The summed E-state index contributed by atoms with van der Waals surface area (Å²) in [6.45, 7) is 6.20. The minimum Gasteiger partial charge on any atom is -0.376 e. The van der Waals surface area contributed by atoms with Gasteiger partial charge in [0.05, 0.1) is 17.1 Å². The minimum absolute atomic E-state index is 0.280. The first-order chi connectivity index (χ1) is 8.08. The van der Waals surface area contributed by atoms with E-state index < -0.39 is 0 Å². The molecule has 0 saturated carbocycles. The third-order valence-electron chi connectivity index (χ3n) is 2.86. The highest BCUT2D eigenvalue weighted by atomic mass is 127. The molecule has 0 aliphatic carbocycles. The topological polar surface area (TPSA) is 40.7 Å². The summed E-state index contributed by atoms with van der Waals surface area (Å²) in [6, 6.07) is 8.85. The second kappa shape index (κ2) is 5.08. The number of nitrogens with zero attached hydrogens (tertiary/aromatic N) is 1. The number of aromatic amines is 1. The number of halogens is 1. The van der Waals surface area contributed by atoms with Crippen molar-refractivity contribution in [1.29, 1.82) is 0 Å². The van der Waals surface area contributed by atoms with Gasteiger partial charge in [-0.2, -0.15) is 5.10 Å². The normalized spacial score (nSPS) is 12.5. The van der Waals surface area contributed by atoms with Crippen LogP contribution in [0.5, 0.6) is 0 Å². The zero-order valence-corrected chi connectivity index (χ0v) is 12.4. The summed E-state index contributed by atoms with van der Waals surface area (Å²) >= 11 is 2.32. The smallest absolute Gasteiger partial charge is 0.0825 e. The van der Waals surface area contributed by atoms with Gasteiger partial charge in [0.1, 0.15) is 0 Å². The van der Waals surface area contributed by atoms with Crippen LogP contribution in [-0.2, 0) is 0 Å². The molecule has 1 unspecified atom stereocenters. The largest absolute Gasteiger partial charge is 0.376 e. The fraction of sp³-hybridized carbons (Fsp3) is 0.308. The quantitative estimate of drug-likeness (QED) is 0.834. The van der Waals surface area contributed by atoms with E-state index in [9.17, 15) is 0 Å². The van der Waals surface area contributed by atoms with Crippen molar-refractivity contribution in [2.24, 2.45) is 0 Å². The number of aromatic nitrogens is 2. The second-order valence-electron chi connectivity index (χ2n) is 4.23. The van der Waals surface area contributed by atoms with Crippen LogP contribution in [-0.4, -0.2) is 10.2 Å². The van der Waals surface area contributed by atoms with Gasteiger partial charge >= 0.3 is 0 Å². The highest BCUT2D eigenvalue weighted by Gasteiger charge is 2.10. The van der Waals surface area contributed by atoms with E-state index in [0.717, 1.165) is 17.1 Å². The standard InChI is InChI=1S/C13H16IN3/c1-8(11-4-6-12(14)7-5-11)15-13-9(2)16-17-10(13)3/h4-8,15H,1-3H3,(H,16,17). The van der Waals surface area contributed by atoms with Gasteiger partial charge in [-0.05, 0) is 61.1 Å². The summed E-state index contributed by atoms with van der Waals surface area (Å²) in [4.78, 5) is 0. The van der Waals surface area contributed by atoms with Crippen molar-refractivity contribution in [3.05, 3.63) is 44.8 Å². The van der Waals surface area contributed by atoms with Gasteiger partial charge in [0.25, 0.3) is 0 Å². The van der Waals surface area contributed by atoms with Gasteiger partial charge in [-0.1, -0.05) is 12.1 Å². The molecule has 1 aromatic heterocycles. The molecule has 1 atom stereocenters. The summed E-state index contributed by atoms with van der Waals surface area (Å²) < 4.78 is 1.26. The molecule has 3 nitrogen and oxygen atoms in total. The molecule has 0 radical (unpaired) electrons. The molecule has 2 aromatic rings. The zero-order valence-electron chi connectivity index (χ0n) is 10.2. The third kappa shape index (κ3) is 2.80. The molecular formula is C13H16IN3. The minimum atomic E-state index is 0.280. The highest BCUT2D eigenvalue weighted by Crippen LogP contribution is 2.23. The maximum Gasteiger partial charge on any atom is 0.0825 e. The molecule has 2 rings (SSSR count). The Kier molecular flexibility index (Phi) is 3.71. The number of H-pyrrole nitrogens is 1. The predicted molar refractivity (Wildman–Crippen MR) is 79.3 cm³/mol. The highest BCUT2D eigenvalue weighted by molar-refractivity contribution is 14.1. The lowest BCUT2D eigenvalue weighted by Crippen LogP contribution is -2.07. The van der Waals surface area contributed by atoms with Crippen molar-refractivity contribution in [3.63, 3.8) is 0 Å². The van der Waals surface area contributed by atoms with Gasteiger partial charge < -0.3 is 5.32 Å². The summed E-state index contributed by atoms with van der Waals surface area (Å²) in [7, 11) is 0. The summed E-state index contributed by atoms with van der Waals surface area (Å²) in [5.41, 5.74) is 4.49. The van der Waals surface area contributed by atoms with E-state index in [1.54, 1.807) is 0 Å². The van der Waals surface area contributed by atoms with Crippen LogP contribution in [0.25, 0.3) is 0 Å². The van der Waals surface area contributed by atoms with Crippen LogP contribution in [0.2, 0.25) is 0 Å². The van der Waals surface area contributed by atoms with Crippen LogP contribution in [0, 0.1) is 17.4 Å². The third-order valence-corrected chi connectivity index (χ3v) is 3.58.